The number of rotatable bonds is 7. The summed E-state index contributed by atoms with van der Waals surface area (Å²) in [5.74, 6) is 0.176. The monoisotopic (exact) mass is 409 g/mol. The average Bonchev–Trinajstić information content (AvgIpc) is 2.99. The van der Waals surface area contributed by atoms with Crippen LogP contribution in [0, 0.1) is 6.92 Å². The molecular weight excluding hydrogens is 386 g/mol. The van der Waals surface area contributed by atoms with Crippen molar-refractivity contribution in [2.24, 2.45) is 4.99 Å². The zero-order chi connectivity index (χ0) is 20.8. The van der Waals surface area contributed by atoms with Crippen LogP contribution < -0.4 is 10.1 Å². The molecule has 1 N–H and O–H groups in total. The molecular formula is C22H23N3O3S. The van der Waals surface area contributed by atoms with Crippen molar-refractivity contribution in [2.45, 2.75) is 18.6 Å². The number of thioether (sulfide) groups is 1. The minimum atomic E-state index is -0.535. The molecule has 2 aromatic carbocycles. The fourth-order valence-corrected chi connectivity index (χ4v) is 4.09. The molecule has 29 heavy (non-hydrogen) atoms. The number of amides is 2. The average molecular weight is 410 g/mol. The van der Waals surface area contributed by atoms with E-state index in [0.717, 1.165) is 11.3 Å². The number of nitrogens with zero attached hydrogens (tertiary/aromatic N) is 2. The lowest BCUT2D eigenvalue weighted by molar-refractivity contribution is -0.127. The Bertz CT molecular complexity index is 958. The first kappa shape index (κ1) is 20.7. The van der Waals surface area contributed by atoms with Crippen molar-refractivity contribution in [1.29, 1.82) is 0 Å². The highest BCUT2D eigenvalue weighted by Crippen LogP contribution is 2.33. The third-order valence-electron chi connectivity index (χ3n) is 4.42. The number of amidine groups is 1. The summed E-state index contributed by atoms with van der Waals surface area (Å²) in [6, 6.07) is 14.9. The maximum Gasteiger partial charge on any atom is 0.242 e. The molecule has 7 heteroatoms. The van der Waals surface area contributed by atoms with E-state index in [9.17, 15) is 9.59 Å². The van der Waals surface area contributed by atoms with E-state index in [2.05, 4.69) is 16.9 Å². The molecule has 0 spiro atoms. The zero-order valence-corrected chi connectivity index (χ0v) is 17.2. The Labute approximate surface area is 174 Å². The van der Waals surface area contributed by atoms with E-state index in [0.29, 0.717) is 23.1 Å². The number of nitrogens with one attached hydrogen (secondary N) is 1. The first-order valence-electron chi connectivity index (χ1n) is 9.19. The van der Waals surface area contributed by atoms with Crippen molar-refractivity contribution < 1.29 is 14.3 Å². The quantitative estimate of drug-likeness (QED) is 0.698. The molecule has 1 atom stereocenters. The molecule has 1 saturated heterocycles. The van der Waals surface area contributed by atoms with Crippen LogP contribution in [0.3, 0.4) is 0 Å². The summed E-state index contributed by atoms with van der Waals surface area (Å²) >= 11 is 1.31. The molecule has 1 heterocycles. The van der Waals surface area contributed by atoms with Crippen molar-refractivity contribution in [3.05, 3.63) is 66.7 Å². The lowest BCUT2D eigenvalue weighted by Gasteiger charge is -2.14. The number of carbonyl (C=O) groups excluding carboxylic acids is 2. The number of aryl methyl sites for hydroxylation is 1. The smallest absolute Gasteiger partial charge is 0.242 e. The molecule has 0 saturated carbocycles. The molecule has 0 unspecified atom stereocenters. The van der Waals surface area contributed by atoms with Crippen molar-refractivity contribution in [2.75, 3.05) is 19.0 Å². The number of anilines is 1. The summed E-state index contributed by atoms with van der Waals surface area (Å²) in [4.78, 5) is 31.7. The van der Waals surface area contributed by atoms with Gasteiger partial charge in [-0.25, -0.2) is 4.99 Å². The van der Waals surface area contributed by atoms with Gasteiger partial charge in [-0.1, -0.05) is 48.2 Å². The maximum atomic E-state index is 12.9. The third-order valence-corrected chi connectivity index (χ3v) is 5.59. The summed E-state index contributed by atoms with van der Waals surface area (Å²) < 4.78 is 5.26. The SMILES string of the molecule is C=CCN1C(=O)[C@H](CC(=O)Nc2ccccc2OC)SC1=Nc1ccccc1C. The van der Waals surface area contributed by atoms with Crippen LogP contribution in [0.15, 0.2) is 66.2 Å². The van der Waals surface area contributed by atoms with Crippen LogP contribution in [0.1, 0.15) is 12.0 Å². The van der Waals surface area contributed by atoms with Gasteiger partial charge in [0.15, 0.2) is 5.17 Å². The zero-order valence-electron chi connectivity index (χ0n) is 16.4. The van der Waals surface area contributed by atoms with Crippen LogP contribution in [0.2, 0.25) is 0 Å². The van der Waals surface area contributed by atoms with Gasteiger partial charge in [-0.2, -0.15) is 0 Å². The molecule has 1 aliphatic rings. The summed E-state index contributed by atoms with van der Waals surface area (Å²) in [5.41, 5.74) is 2.40. The Morgan fingerprint density at radius 1 is 1.28 bits per heavy atom. The van der Waals surface area contributed by atoms with Gasteiger partial charge in [0.1, 0.15) is 11.0 Å². The predicted molar refractivity (Wildman–Crippen MR) is 118 cm³/mol. The fourth-order valence-electron chi connectivity index (χ4n) is 2.93. The second-order valence-electron chi connectivity index (χ2n) is 6.48. The highest BCUT2D eigenvalue weighted by molar-refractivity contribution is 8.15. The van der Waals surface area contributed by atoms with Crippen LogP contribution in [0.5, 0.6) is 5.75 Å². The molecule has 1 aliphatic heterocycles. The minimum Gasteiger partial charge on any atom is -0.495 e. The van der Waals surface area contributed by atoms with Crippen molar-refractivity contribution in [3.8, 4) is 5.75 Å². The van der Waals surface area contributed by atoms with Crippen molar-refractivity contribution in [1.82, 2.24) is 4.90 Å². The number of ether oxygens (including phenoxy) is 1. The van der Waals surface area contributed by atoms with Gasteiger partial charge in [0, 0.05) is 13.0 Å². The topological polar surface area (TPSA) is 71.0 Å². The Morgan fingerprint density at radius 3 is 2.72 bits per heavy atom. The summed E-state index contributed by atoms with van der Waals surface area (Å²) in [6.45, 7) is 6.04. The molecule has 0 aromatic heterocycles. The maximum absolute atomic E-state index is 12.9. The first-order valence-corrected chi connectivity index (χ1v) is 10.1. The number of carbonyl (C=O) groups is 2. The molecule has 0 bridgehead atoms. The Hall–Kier alpha value is -3.06. The normalized spacial score (nSPS) is 17.4. The number of aliphatic imine (C=N–C) groups is 1. The fraction of sp³-hybridized carbons (Fsp3) is 0.227. The van der Waals surface area contributed by atoms with Crippen molar-refractivity contribution >= 4 is 40.1 Å². The molecule has 2 aromatic rings. The molecule has 6 nitrogen and oxygen atoms in total. The van der Waals surface area contributed by atoms with E-state index in [-0.39, 0.29) is 18.2 Å². The van der Waals surface area contributed by atoms with Gasteiger partial charge in [0.25, 0.3) is 0 Å². The lowest BCUT2D eigenvalue weighted by atomic mass is 10.2. The van der Waals surface area contributed by atoms with E-state index in [4.69, 9.17) is 4.74 Å². The minimum absolute atomic E-state index is 0.0436. The molecule has 1 fully saturated rings. The van der Waals surface area contributed by atoms with Gasteiger partial charge in [-0.05, 0) is 30.7 Å². The molecule has 2 amide bonds. The third kappa shape index (κ3) is 4.86. The van der Waals surface area contributed by atoms with Gasteiger partial charge in [0.05, 0.1) is 18.5 Å². The number of benzene rings is 2. The van der Waals surface area contributed by atoms with Crippen LogP contribution in [0.4, 0.5) is 11.4 Å². The highest BCUT2D eigenvalue weighted by Gasteiger charge is 2.38. The Morgan fingerprint density at radius 2 is 2.00 bits per heavy atom. The van der Waals surface area contributed by atoms with Crippen LogP contribution in [-0.4, -0.2) is 40.8 Å². The van der Waals surface area contributed by atoms with E-state index >= 15 is 0 Å². The van der Waals surface area contributed by atoms with E-state index < -0.39 is 5.25 Å². The van der Waals surface area contributed by atoms with Gasteiger partial charge in [-0.3, -0.25) is 14.5 Å². The van der Waals surface area contributed by atoms with Crippen molar-refractivity contribution in [3.63, 3.8) is 0 Å². The van der Waals surface area contributed by atoms with E-state index in [1.54, 1.807) is 30.2 Å². The van der Waals surface area contributed by atoms with Gasteiger partial charge in [-0.15, -0.1) is 6.58 Å². The molecule has 0 aliphatic carbocycles. The van der Waals surface area contributed by atoms with Gasteiger partial charge >= 0.3 is 0 Å². The Balaban J connectivity index is 1.76. The van der Waals surface area contributed by atoms with Crippen LogP contribution in [-0.2, 0) is 9.59 Å². The standard InChI is InChI=1S/C22H23N3O3S/c1-4-13-25-21(27)19(29-22(25)24-16-10-6-5-9-15(16)2)14-20(26)23-17-11-7-8-12-18(17)28-3/h4-12,19H,1,13-14H2,2-3H3,(H,23,26)/t19-/m0/s1. The second kappa shape index (κ2) is 9.43. The lowest BCUT2D eigenvalue weighted by Crippen LogP contribution is -2.33. The van der Waals surface area contributed by atoms with E-state index in [1.807, 2.05) is 43.3 Å². The first-order chi connectivity index (χ1) is 14.0. The van der Waals surface area contributed by atoms with Gasteiger partial charge < -0.3 is 10.1 Å². The molecule has 0 radical (unpaired) electrons. The highest BCUT2D eigenvalue weighted by atomic mass is 32.2. The summed E-state index contributed by atoms with van der Waals surface area (Å²) in [5, 5.41) is 2.87. The van der Waals surface area contributed by atoms with Crippen LogP contribution >= 0.6 is 11.8 Å². The second-order valence-corrected chi connectivity index (χ2v) is 7.65. The van der Waals surface area contributed by atoms with Gasteiger partial charge in [0.2, 0.25) is 11.8 Å². The summed E-state index contributed by atoms with van der Waals surface area (Å²) in [6.07, 6.45) is 1.70. The number of hydrogen-bond acceptors (Lipinski definition) is 5. The molecule has 3 rings (SSSR count). The molecule has 150 valence electrons. The Kier molecular flexibility index (Phi) is 6.72. The number of hydrogen-bond donors (Lipinski definition) is 1. The predicted octanol–water partition coefficient (Wildman–Crippen LogP) is 4.15. The van der Waals surface area contributed by atoms with E-state index in [1.165, 1.54) is 11.8 Å². The largest absolute Gasteiger partial charge is 0.495 e. The number of methoxy groups -OCH3 is 1. The number of para-hydroxylation sites is 3. The summed E-state index contributed by atoms with van der Waals surface area (Å²) in [7, 11) is 1.54. The van der Waals surface area contributed by atoms with Crippen LogP contribution in [0.25, 0.3) is 0 Å².